The Balaban J connectivity index is 2.74. The van der Waals surface area contributed by atoms with E-state index >= 15 is 0 Å². The number of thiocarbonyl (C=S) groups is 1. The molecular formula is C12H16F2N2S. The highest BCUT2D eigenvalue weighted by Crippen LogP contribution is 2.15. The van der Waals surface area contributed by atoms with Crippen LogP contribution in [-0.4, -0.2) is 23.0 Å². The maximum Gasteiger partial charge on any atom is 0.130 e. The maximum atomic E-state index is 13.4. The van der Waals surface area contributed by atoms with Crippen molar-refractivity contribution < 1.29 is 8.78 Å². The average molecular weight is 258 g/mol. The number of nitrogens with two attached hydrogens (primary N) is 1. The van der Waals surface area contributed by atoms with E-state index in [2.05, 4.69) is 0 Å². The zero-order chi connectivity index (χ0) is 13.0. The second-order valence-corrected chi connectivity index (χ2v) is 4.66. The first-order valence-corrected chi connectivity index (χ1v) is 5.74. The van der Waals surface area contributed by atoms with Crippen LogP contribution >= 0.6 is 12.2 Å². The molecule has 0 aromatic heterocycles. The van der Waals surface area contributed by atoms with Crippen molar-refractivity contribution >= 4 is 17.2 Å². The number of hydrogen-bond acceptors (Lipinski definition) is 2. The van der Waals surface area contributed by atoms with Gasteiger partial charge in [-0.2, -0.15) is 0 Å². The predicted molar refractivity (Wildman–Crippen MR) is 68.7 cm³/mol. The van der Waals surface area contributed by atoms with Crippen molar-refractivity contribution in [2.75, 3.05) is 7.05 Å². The van der Waals surface area contributed by atoms with Gasteiger partial charge in [-0.15, -0.1) is 0 Å². The van der Waals surface area contributed by atoms with E-state index in [0.29, 0.717) is 11.4 Å². The second-order valence-electron chi connectivity index (χ2n) is 4.13. The van der Waals surface area contributed by atoms with Gasteiger partial charge in [0.2, 0.25) is 0 Å². The molecule has 0 bridgehead atoms. The molecule has 0 aliphatic carbocycles. The van der Waals surface area contributed by atoms with E-state index in [1.165, 1.54) is 18.2 Å². The minimum absolute atomic E-state index is 0.0477. The Morgan fingerprint density at radius 1 is 1.41 bits per heavy atom. The molecule has 0 fully saturated rings. The third kappa shape index (κ3) is 4.02. The molecule has 1 unspecified atom stereocenters. The van der Waals surface area contributed by atoms with Gasteiger partial charge in [-0.3, -0.25) is 4.90 Å². The van der Waals surface area contributed by atoms with E-state index < -0.39 is 11.6 Å². The van der Waals surface area contributed by atoms with E-state index in [9.17, 15) is 8.78 Å². The molecule has 0 heterocycles. The maximum absolute atomic E-state index is 13.4. The molecule has 2 N–H and O–H groups in total. The summed E-state index contributed by atoms with van der Waals surface area (Å²) in [6.45, 7) is 2.11. The van der Waals surface area contributed by atoms with Crippen LogP contribution in [0, 0.1) is 11.6 Å². The van der Waals surface area contributed by atoms with Crippen LogP contribution in [0.1, 0.15) is 18.9 Å². The lowest BCUT2D eigenvalue weighted by atomic mass is 10.1. The van der Waals surface area contributed by atoms with Gasteiger partial charge in [0.25, 0.3) is 0 Å². The number of hydrogen-bond donors (Lipinski definition) is 1. The molecule has 0 spiro atoms. The van der Waals surface area contributed by atoms with Crippen molar-refractivity contribution in [3.05, 3.63) is 35.4 Å². The standard InChI is InChI=1S/C12H16F2N2S/c1-8(6-12(15)17)16(2)7-9-10(13)4-3-5-11(9)14/h3-5,8H,6-7H2,1-2H3,(H2,15,17). The third-order valence-electron chi connectivity index (χ3n) is 2.72. The minimum atomic E-state index is -0.528. The highest BCUT2D eigenvalue weighted by atomic mass is 32.1. The zero-order valence-electron chi connectivity index (χ0n) is 9.91. The van der Waals surface area contributed by atoms with Crippen molar-refractivity contribution in [3.8, 4) is 0 Å². The van der Waals surface area contributed by atoms with Crippen LogP contribution in [0.4, 0.5) is 8.78 Å². The quantitative estimate of drug-likeness (QED) is 0.823. The summed E-state index contributed by atoms with van der Waals surface area (Å²) in [5.74, 6) is -1.06. The van der Waals surface area contributed by atoms with Gasteiger partial charge >= 0.3 is 0 Å². The average Bonchev–Trinajstić information content (AvgIpc) is 2.22. The lowest BCUT2D eigenvalue weighted by Gasteiger charge is -2.24. The van der Waals surface area contributed by atoms with Gasteiger partial charge < -0.3 is 5.73 Å². The van der Waals surface area contributed by atoms with E-state index in [4.69, 9.17) is 18.0 Å². The van der Waals surface area contributed by atoms with Crippen molar-refractivity contribution in [2.45, 2.75) is 25.9 Å². The Morgan fingerprint density at radius 2 is 1.94 bits per heavy atom. The molecule has 0 amide bonds. The lowest BCUT2D eigenvalue weighted by Crippen LogP contribution is -2.32. The van der Waals surface area contributed by atoms with Crippen LogP contribution < -0.4 is 5.73 Å². The Labute approximate surface area is 105 Å². The first kappa shape index (κ1) is 14.0. The van der Waals surface area contributed by atoms with E-state index in [1.54, 1.807) is 7.05 Å². The first-order chi connectivity index (χ1) is 7.91. The molecule has 0 aliphatic rings. The number of rotatable bonds is 5. The fourth-order valence-corrected chi connectivity index (χ4v) is 1.78. The van der Waals surface area contributed by atoms with Gasteiger partial charge in [-0.05, 0) is 26.1 Å². The molecule has 1 atom stereocenters. The Bertz CT molecular complexity index is 389. The molecule has 1 aromatic rings. The van der Waals surface area contributed by atoms with Crippen LogP contribution in [0.25, 0.3) is 0 Å². The van der Waals surface area contributed by atoms with Crippen molar-refractivity contribution in [3.63, 3.8) is 0 Å². The molecule has 94 valence electrons. The fraction of sp³-hybridized carbons (Fsp3) is 0.417. The second kappa shape index (κ2) is 6.02. The summed E-state index contributed by atoms with van der Waals surface area (Å²) in [4.78, 5) is 2.22. The van der Waals surface area contributed by atoms with Crippen molar-refractivity contribution in [1.82, 2.24) is 4.90 Å². The largest absolute Gasteiger partial charge is 0.393 e. The van der Waals surface area contributed by atoms with Crippen LogP contribution in [0.5, 0.6) is 0 Å². The van der Waals surface area contributed by atoms with Crippen molar-refractivity contribution in [2.24, 2.45) is 5.73 Å². The normalized spacial score (nSPS) is 12.8. The summed E-state index contributed by atoms with van der Waals surface area (Å²) in [7, 11) is 1.79. The zero-order valence-corrected chi connectivity index (χ0v) is 10.7. The van der Waals surface area contributed by atoms with Gasteiger partial charge in [-0.25, -0.2) is 8.78 Å². The molecule has 2 nitrogen and oxygen atoms in total. The summed E-state index contributed by atoms with van der Waals surface area (Å²) in [5.41, 5.74) is 5.51. The lowest BCUT2D eigenvalue weighted by molar-refractivity contribution is 0.248. The predicted octanol–water partition coefficient (Wildman–Crippen LogP) is 2.46. The van der Waals surface area contributed by atoms with Crippen molar-refractivity contribution in [1.29, 1.82) is 0 Å². The Morgan fingerprint density at radius 3 is 2.41 bits per heavy atom. The third-order valence-corrected chi connectivity index (χ3v) is 2.88. The summed E-state index contributed by atoms with van der Waals surface area (Å²) in [5, 5.41) is 0. The molecule has 0 saturated carbocycles. The minimum Gasteiger partial charge on any atom is -0.393 e. The van der Waals surface area contributed by atoms with Gasteiger partial charge in [0.05, 0.1) is 4.99 Å². The van der Waals surface area contributed by atoms with Gasteiger partial charge in [0.15, 0.2) is 0 Å². The van der Waals surface area contributed by atoms with Crippen LogP contribution in [-0.2, 0) is 6.54 Å². The molecule has 0 radical (unpaired) electrons. The van der Waals surface area contributed by atoms with E-state index in [-0.39, 0.29) is 18.2 Å². The molecule has 0 saturated heterocycles. The van der Waals surface area contributed by atoms with Crippen LogP contribution in [0.2, 0.25) is 0 Å². The molecule has 5 heteroatoms. The van der Waals surface area contributed by atoms with Gasteiger partial charge in [0, 0.05) is 24.6 Å². The highest BCUT2D eigenvalue weighted by molar-refractivity contribution is 7.80. The number of nitrogens with zero attached hydrogens (tertiary/aromatic N) is 1. The Hall–Kier alpha value is -1.07. The molecule has 1 rings (SSSR count). The Kier molecular flexibility index (Phi) is 4.96. The first-order valence-electron chi connectivity index (χ1n) is 5.33. The molecular weight excluding hydrogens is 242 g/mol. The SMILES string of the molecule is CC(CC(N)=S)N(C)Cc1c(F)cccc1F. The monoisotopic (exact) mass is 258 g/mol. The molecule has 17 heavy (non-hydrogen) atoms. The molecule has 1 aromatic carbocycles. The molecule has 0 aliphatic heterocycles. The highest BCUT2D eigenvalue weighted by Gasteiger charge is 2.15. The van der Waals surface area contributed by atoms with E-state index in [1.807, 2.05) is 11.8 Å². The van der Waals surface area contributed by atoms with E-state index in [0.717, 1.165) is 0 Å². The van der Waals surface area contributed by atoms with Gasteiger partial charge in [-0.1, -0.05) is 18.3 Å². The smallest absolute Gasteiger partial charge is 0.130 e. The van der Waals surface area contributed by atoms with Crippen LogP contribution in [0.3, 0.4) is 0 Å². The summed E-state index contributed by atoms with van der Waals surface area (Å²) < 4.78 is 26.8. The summed E-state index contributed by atoms with van der Waals surface area (Å²) in [6, 6.07) is 3.91. The summed E-state index contributed by atoms with van der Waals surface area (Å²) >= 11 is 4.81. The fourth-order valence-electron chi connectivity index (χ4n) is 1.54. The van der Waals surface area contributed by atoms with Crippen LogP contribution in [0.15, 0.2) is 18.2 Å². The van der Waals surface area contributed by atoms with Gasteiger partial charge in [0.1, 0.15) is 11.6 Å². The number of benzene rings is 1. The number of halogens is 2. The summed E-state index contributed by atoms with van der Waals surface area (Å²) in [6.07, 6.45) is 0.530. The topological polar surface area (TPSA) is 29.3 Å².